The Morgan fingerprint density at radius 1 is 1.42 bits per heavy atom. The van der Waals surface area contributed by atoms with Crippen molar-refractivity contribution >= 4 is 34.3 Å². The fourth-order valence-electron chi connectivity index (χ4n) is 0.860. The van der Waals surface area contributed by atoms with Crippen LogP contribution in [0.25, 0.3) is 10.6 Å². The standard InChI is InChI=1S/C7H4ClNOS2/c8-6-2-1-5(12-6)4-3-11-7(10)9-4/h1-3H,(H,9,10). The van der Waals surface area contributed by atoms with Crippen LogP contribution in [0.5, 0.6) is 0 Å². The number of thiazole rings is 1. The molecule has 0 aliphatic rings. The van der Waals surface area contributed by atoms with Crippen LogP contribution in [0, 0.1) is 0 Å². The topological polar surface area (TPSA) is 32.9 Å². The highest BCUT2D eigenvalue weighted by molar-refractivity contribution is 7.19. The molecule has 0 radical (unpaired) electrons. The summed E-state index contributed by atoms with van der Waals surface area (Å²) in [4.78, 5) is 14.5. The van der Waals surface area contributed by atoms with Crippen LogP contribution >= 0.6 is 34.3 Å². The molecule has 0 bridgehead atoms. The number of aromatic amines is 1. The summed E-state index contributed by atoms with van der Waals surface area (Å²) in [5.74, 6) is 0. The summed E-state index contributed by atoms with van der Waals surface area (Å²) in [6, 6.07) is 3.71. The third-order valence-corrected chi connectivity index (χ3v) is 3.29. The Morgan fingerprint density at radius 3 is 2.75 bits per heavy atom. The van der Waals surface area contributed by atoms with Crippen molar-refractivity contribution in [1.29, 1.82) is 0 Å². The summed E-state index contributed by atoms with van der Waals surface area (Å²) in [5, 5.41) is 1.80. The van der Waals surface area contributed by atoms with Crippen molar-refractivity contribution in [3.05, 3.63) is 31.5 Å². The van der Waals surface area contributed by atoms with Gasteiger partial charge in [0.25, 0.3) is 0 Å². The number of hydrogen-bond acceptors (Lipinski definition) is 3. The highest BCUT2D eigenvalue weighted by Gasteiger charge is 2.02. The lowest BCUT2D eigenvalue weighted by molar-refractivity contribution is 1.35. The summed E-state index contributed by atoms with van der Waals surface area (Å²) >= 11 is 8.36. The summed E-state index contributed by atoms with van der Waals surface area (Å²) in [7, 11) is 0. The maximum atomic E-state index is 10.8. The second-order valence-corrected chi connectivity index (χ2v) is 4.72. The van der Waals surface area contributed by atoms with Crippen molar-refractivity contribution in [2.24, 2.45) is 0 Å². The zero-order valence-corrected chi connectivity index (χ0v) is 8.22. The number of nitrogens with one attached hydrogen (secondary N) is 1. The molecule has 0 aromatic carbocycles. The first kappa shape index (κ1) is 8.04. The van der Waals surface area contributed by atoms with Crippen LogP contribution in [0.4, 0.5) is 0 Å². The number of aromatic nitrogens is 1. The molecule has 0 saturated heterocycles. The molecule has 2 aromatic heterocycles. The van der Waals surface area contributed by atoms with Gasteiger partial charge in [-0.25, -0.2) is 0 Å². The van der Waals surface area contributed by atoms with E-state index in [1.807, 2.05) is 12.1 Å². The maximum absolute atomic E-state index is 10.8. The van der Waals surface area contributed by atoms with E-state index < -0.39 is 0 Å². The zero-order valence-electron chi connectivity index (χ0n) is 5.83. The van der Waals surface area contributed by atoms with Gasteiger partial charge in [-0.2, -0.15) is 0 Å². The van der Waals surface area contributed by atoms with E-state index in [-0.39, 0.29) is 4.87 Å². The molecule has 0 atom stereocenters. The highest BCUT2D eigenvalue weighted by Crippen LogP contribution is 2.29. The summed E-state index contributed by atoms with van der Waals surface area (Å²) in [6.07, 6.45) is 0. The smallest absolute Gasteiger partial charge is 0.304 e. The minimum atomic E-state index is -0.0328. The van der Waals surface area contributed by atoms with Gasteiger partial charge < -0.3 is 4.98 Å². The molecule has 0 fully saturated rings. The molecule has 62 valence electrons. The Morgan fingerprint density at radius 2 is 2.25 bits per heavy atom. The molecule has 0 amide bonds. The molecule has 2 rings (SSSR count). The quantitative estimate of drug-likeness (QED) is 0.783. The number of hydrogen-bond donors (Lipinski definition) is 1. The van der Waals surface area contributed by atoms with Crippen LogP contribution in [0.15, 0.2) is 22.3 Å². The van der Waals surface area contributed by atoms with Crippen molar-refractivity contribution < 1.29 is 0 Å². The lowest BCUT2D eigenvalue weighted by Gasteiger charge is -1.85. The molecular weight excluding hydrogens is 214 g/mol. The molecule has 2 aromatic rings. The lowest BCUT2D eigenvalue weighted by Crippen LogP contribution is -1.91. The first-order valence-corrected chi connectivity index (χ1v) is 5.26. The number of halogens is 1. The van der Waals surface area contributed by atoms with E-state index in [0.29, 0.717) is 0 Å². The molecule has 0 saturated carbocycles. The minimum absolute atomic E-state index is 0.0328. The predicted octanol–water partition coefficient (Wildman–Crippen LogP) is 2.82. The van der Waals surface area contributed by atoms with Gasteiger partial charge in [0.05, 0.1) is 14.9 Å². The second-order valence-electron chi connectivity index (χ2n) is 2.17. The normalized spacial score (nSPS) is 10.4. The van der Waals surface area contributed by atoms with Gasteiger partial charge in [-0.3, -0.25) is 4.79 Å². The summed E-state index contributed by atoms with van der Waals surface area (Å²) in [6.45, 7) is 0. The van der Waals surface area contributed by atoms with Crippen LogP contribution < -0.4 is 4.87 Å². The number of rotatable bonds is 1. The van der Waals surface area contributed by atoms with Gasteiger partial charge in [-0.1, -0.05) is 22.9 Å². The van der Waals surface area contributed by atoms with Crippen LogP contribution in [0.2, 0.25) is 4.34 Å². The SMILES string of the molecule is O=c1[nH]c(-c2ccc(Cl)s2)cs1. The van der Waals surface area contributed by atoms with E-state index >= 15 is 0 Å². The van der Waals surface area contributed by atoms with Crippen molar-refractivity contribution in [2.45, 2.75) is 0 Å². The second kappa shape index (κ2) is 3.05. The van der Waals surface area contributed by atoms with Crippen LogP contribution in [0.1, 0.15) is 0 Å². The first-order chi connectivity index (χ1) is 5.75. The Kier molecular flexibility index (Phi) is 2.04. The van der Waals surface area contributed by atoms with E-state index in [4.69, 9.17) is 11.6 Å². The Bertz CT molecular complexity index is 442. The largest absolute Gasteiger partial charge is 0.312 e. The zero-order chi connectivity index (χ0) is 8.55. The molecule has 2 nitrogen and oxygen atoms in total. The average Bonchev–Trinajstić information content (AvgIpc) is 2.58. The summed E-state index contributed by atoms with van der Waals surface area (Å²) in [5.41, 5.74) is 0.849. The highest BCUT2D eigenvalue weighted by atomic mass is 35.5. The average molecular weight is 218 g/mol. The van der Waals surface area contributed by atoms with Crippen LogP contribution in [-0.2, 0) is 0 Å². The molecule has 0 unspecified atom stereocenters. The van der Waals surface area contributed by atoms with E-state index in [9.17, 15) is 4.79 Å². The fraction of sp³-hybridized carbons (Fsp3) is 0. The number of H-pyrrole nitrogens is 1. The predicted molar refractivity (Wildman–Crippen MR) is 53.3 cm³/mol. The minimum Gasteiger partial charge on any atom is -0.312 e. The molecule has 0 aliphatic heterocycles. The molecule has 12 heavy (non-hydrogen) atoms. The molecule has 2 heterocycles. The molecular formula is C7H4ClNOS2. The monoisotopic (exact) mass is 217 g/mol. The van der Waals surface area contributed by atoms with Gasteiger partial charge in [-0.15, -0.1) is 11.3 Å². The third-order valence-electron chi connectivity index (χ3n) is 1.36. The van der Waals surface area contributed by atoms with E-state index in [2.05, 4.69) is 4.98 Å². The van der Waals surface area contributed by atoms with E-state index in [1.165, 1.54) is 11.3 Å². The first-order valence-electron chi connectivity index (χ1n) is 3.19. The van der Waals surface area contributed by atoms with E-state index in [1.54, 1.807) is 5.38 Å². The van der Waals surface area contributed by atoms with Gasteiger partial charge >= 0.3 is 4.87 Å². The molecule has 1 N–H and O–H groups in total. The van der Waals surface area contributed by atoms with Gasteiger partial charge in [0.2, 0.25) is 0 Å². The lowest BCUT2D eigenvalue weighted by atomic mass is 10.4. The Hall–Kier alpha value is -0.580. The molecule has 5 heteroatoms. The van der Waals surface area contributed by atoms with Crippen molar-refractivity contribution in [3.8, 4) is 10.6 Å². The summed E-state index contributed by atoms with van der Waals surface area (Å²) < 4.78 is 0.733. The van der Waals surface area contributed by atoms with Gasteiger partial charge in [0, 0.05) is 5.38 Å². The van der Waals surface area contributed by atoms with Crippen LogP contribution in [-0.4, -0.2) is 4.98 Å². The maximum Gasteiger partial charge on any atom is 0.304 e. The van der Waals surface area contributed by atoms with Crippen molar-refractivity contribution in [2.75, 3.05) is 0 Å². The molecule has 0 aliphatic carbocycles. The third kappa shape index (κ3) is 1.46. The number of thiophene rings is 1. The fourth-order valence-corrected chi connectivity index (χ4v) is 2.53. The van der Waals surface area contributed by atoms with Crippen molar-refractivity contribution in [1.82, 2.24) is 4.98 Å². The van der Waals surface area contributed by atoms with Gasteiger partial charge in [0.15, 0.2) is 0 Å². The van der Waals surface area contributed by atoms with Crippen molar-refractivity contribution in [3.63, 3.8) is 0 Å². The van der Waals surface area contributed by atoms with Gasteiger partial charge in [-0.05, 0) is 12.1 Å². The van der Waals surface area contributed by atoms with Gasteiger partial charge in [0.1, 0.15) is 0 Å². The molecule has 0 spiro atoms. The van der Waals surface area contributed by atoms with E-state index in [0.717, 1.165) is 26.2 Å². The Labute approximate surface area is 81.5 Å². The Balaban J connectivity index is 2.50. The van der Waals surface area contributed by atoms with Crippen LogP contribution in [0.3, 0.4) is 0 Å².